The van der Waals surface area contributed by atoms with Gasteiger partial charge in [-0.15, -0.1) is 0 Å². The van der Waals surface area contributed by atoms with Crippen LogP contribution in [-0.2, 0) is 9.53 Å². The summed E-state index contributed by atoms with van der Waals surface area (Å²) in [5, 5.41) is 0. The Bertz CT molecular complexity index is 197. The van der Waals surface area contributed by atoms with Crippen molar-refractivity contribution in [3.05, 3.63) is 0 Å². The molecule has 1 saturated heterocycles. The van der Waals surface area contributed by atoms with Crippen molar-refractivity contribution >= 4 is 5.91 Å². The Morgan fingerprint density at radius 1 is 1.33 bits per heavy atom. The molecule has 1 atom stereocenters. The number of primary amides is 1. The average Bonchev–Trinajstić information content (AvgIpc) is 2.03. The molecular weight excluding hydrogens is 154 g/mol. The zero-order valence-corrected chi connectivity index (χ0v) is 7.21. The summed E-state index contributed by atoms with van der Waals surface area (Å²) in [4.78, 5) is 11.0. The Morgan fingerprint density at radius 3 is 2.42 bits per heavy atom. The first-order chi connectivity index (χ1) is 5.75. The Labute approximate surface area is 72.3 Å². The van der Waals surface area contributed by atoms with Crippen LogP contribution in [0.3, 0.4) is 0 Å². The second-order valence-electron chi connectivity index (χ2n) is 3.97. The summed E-state index contributed by atoms with van der Waals surface area (Å²) in [6.45, 7) is 1.62. The molecule has 2 rings (SSSR count). The quantitative estimate of drug-likeness (QED) is 0.627. The number of carbonyl (C=O) groups is 1. The molecule has 0 aromatic rings. The minimum atomic E-state index is -0.108. The highest BCUT2D eigenvalue weighted by Gasteiger charge is 2.49. The van der Waals surface area contributed by atoms with E-state index in [4.69, 9.17) is 10.5 Å². The molecule has 1 unspecified atom stereocenters. The van der Waals surface area contributed by atoms with Crippen molar-refractivity contribution in [2.75, 3.05) is 13.2 Å². The van der Waals surface area contributed by atoms with E-state index in [-0.39, 0.29) is 17.2 Å². The molecule has 0 bridgehead atoms. The number of nitrogens with two attached hydrogens (primary N) is 1. The van der Waals surface area contributed by atoms with Gasteiger partial charge in [-0.2, -0.15) is 0 Å². The molecule has 3 nitrogen and oxygen atoms in total. The number of hydrogen-bond acceptors (Lipinski definition) is 2. The van der Waals surface area contributed by atoms with E-state index in [1.807, 2.05) is 0 Å². The molecule has 1 aliphatic heterocycles. The first-order valence-corrected chi connectivity index (χ1v) is 4.62. The number of amides is 1. The molecule has 2 fully saturated rings. The molecule has 12 heavy (non-hydrogen) atoms. The summed E-state index contributed by atoms with van der Waals surface area (Å²) in [6, 6.07) is 0. The summed E-state index contributed by atoms with van der Waals surface area (Å²) in [5.41, 5.74) is 5.56. The van der Waals surface area contributed by atoms with Crippen LogP contribution < -0.4 is 5.73 Å². The molecule has 0 radical (unpaired) electrons. The number of hydrogen-bond donors (Lipinski definition) is 1. The summed E-state index contributed by atoms with van der Waals surface area (Å²) in [7, 11) is 0. The standard InChI is InChI=1S/C9H15NO2/c10-8(11)7-1-2-9(7)3-5-12-6-4-9/h7H,1-6H2,(H2,10,11). The minimum Gasteiger partial charge on any atom is -0.381 e. The molecule has 2 aliphatic rings. The maximum Gasteiger partial charge on any atom is 0.221 e. The van der Waals surface area contributed by atoms with Crippen molar-refractivity contribution in [3.63, 3.8) is 0 Å². The van der Waals surface area contributed by atoms with Crippen LogP contribution in [0.4, 0.5) is 0 Å². The zero-order chi connectivity index (χ0) is 8.60. The second kappa shape index (κ2) is 2.73. The predicted molar refractivity (Wildman–Crippen MR) is 44.4 cm³/mol. The lowest BCUT2D eigenvalue weighted by Crippen LogP contribution is -2.50. The maximum atomic E-state index is 11.0. The molecule has 68 valence electrons. The highest BCUT2D eigenvalue weighted by molar-refractivity contribution is 5.78. The van der Waals surface area contributed by atoms with E-state index in [0.717, 1.165) is 32.5 Å². The molecule has 3 heteroatoms. The topological polar surface area (TPSA) is 52.3 Å². The number of ether oxygens (including phenoxy) is 1. The van der Waals surface area contributed by atoms with Gasteiger partial charge in [0.1, 0.15) is 0 Å². The van der Waals surface area contributed by atoms with Gasteiger partial charge in [-0.25, -0.2) is 0 Å². The van der Waals surface area contributed by atoms with Gasteiger partial charge in [0.2, 0.25) is 5.91 Å². The van der Waals surface area contributed by atoms with Gasteiger partial charge >= 0.3 is 0 Å². The van der Waals surface area contributed by atoms with Crippen LogP contribution in [0.1, 0.15) is 25.7 Å². The van der Waals surface area contributed by atoms with E-state index in [1.165, 1.54) is 6.42 Å². The van der Waals surface area contributed by atoms with Crippen LogP contribution in [-0.4, -0.2) is 19.1 Å². The van der Waals surface area contributed by atoms with Crippen molar-refractivity contribution in [2.45, 2.75) is 25.7 Å². The van der Waals surface area contributed by atoms with Crippen molar-refractivity contribution in [1.29, 1.82) is 0 Å². The van der Waals surface area contributed by atoms with Crippen LogP contribution in [0.5, 0.6) is 0 Å². The molecule has 0 aromatic heterocycles. The van der Waals surface area contributed by atoms with E-state index < -0.39 is 0 Å². The first-order valence-electron chi connectivity index (χ1n) is 4.62. The normalized spacial score (nSPS) is 32.8. The van der Waals surface area contributed by atoms with Gasteiger partial charge in [-0.3, -0.25) is 4.79 Å². The maximum absolute atomic E-state index is 11.0. The van der Waals surface area contributed by atoms with Gasteiger partial charge in [0, 0.05) is 19.1 Å². The first kappa shape index (κ1) is 8.05. The van der Waals surface area contributed by atoms with Gasteiger partial charge in [0.05, 0.1) is 0 Å². The predicted octanol–water partition coefficient (Wildman–Crippen LogP) is 0.678. The number of carbonyl (C=O) groups excluding carboxylic acids is 1. The van der Waals surface area contributed by atoms with Crippen LogP contribution in [0, 0.1) is 11.3 Å². The van der Waals surface area contributed by atoms with E-state index in [9.17, 15) is 4.79 Å². The Kier molecular flexibility index (Phi) is 1.83. The van der Waals surface area contributed by atoms with E-state index in [1.54, 1.807) is 0 Å². The van der Waals surface area contributed by atoms with Crippen LogP contribution >= 0.6 is 0 Å². The minimum absolute atomic E-state index is 0.108. The highest BCUT2D eigenvalue weighted by Crippen LogP contribution is 2.53. The molecule has 1 amide bonds. The van der Waals surface area contributed by atoms with Gasteiger partial charge in [0.25, 0.3) is 0 Å². The third kappa shape index (κ3) is 1.04. The van der Waals surface area contributed by atoms with E-state index in [2.05, 4.69) is 0 Å². The fourth-order valence-corrected chi connectivity index (χ4v) is 2.52. The zero-order valence-electron chi connectivity index (χ0n) is 7.21. The van der Waals surface area contributed by atoms with Gasteiger partial charge in [0.15, 0.2) is 0 Å². The summed E-state index contributed by atoms with van der Waals surface area (Å²) < 4.78 is 5.28. The monoisotopic (exact) mass is 169 g/mol. The summed E-state index contributed by atoms with van der Waals surface area (Å²) in [5.74, 6) is 0.0320. The molecule has 2 N–H and O–H groups in total. The van der Waals surface area contributed by atoms with Gasteiger partial charge < -0.3 is 10.5 Å². The van der Waals surface area contributed by atoms with Crippen molar-refractivity contribution in [3.8, 4) is 0 Å². The van der Waals surface area contributed by atoms with Crippen molar-refractivity contribution in [1.82, 2.24) is 0 Å². The fourth-order valence-electron chi connectivity index (χ4n) is 2.52. The average molecular weight is 169 g/mol. The molecular formula is C9H15NO2. The van der Waals surface area contributed by atoms with Crippen LogP contribution in [0.25, 0.3) is 0 Å². The third-order valence-electron chi connectivity index (χ3n) is 3.50. The Morgan fingerprint density at radius 2 is 2.00 bits per heavy atom. The van der Waals surface area contributed by atoms with E-state index >= 15 is 0 Å². The number of rotatable bonds is 1. The smallest absolute Gasteiger partial charge is 0.221 e. The second-order valence-corrected chi connectivity index (χ2v) is 3.97. The molecule has 0 aromatic carbocycles. The molecule has 1 aliphatic carbocycles. The highest BCUT2D eigenvalue weighted by atomic mass is 16.5. The molecule has 1 heterocycles. The van der Waals surface area contributed by atoms with Crippen LogP contribution in [0.2, 0.25) is 0 Å². The van der Waals surface area contributed by atoms with Crippen LogP contribution in [0.15, 0.2) is 0 Å². The molecule has 1 saturated carbocycles. The van der Waals surface area contributed by atoms with Gasteiger partial charge in [-0.05, 0) is 31.1 Å². The fraction of sp³-hybridized carbons (Fsp3) is 0.889. The van der Waals surface area contributed by atoms with Crippen molar-refractivity contribution in [2.24, 2.45) is 17.1 Å². The SMILES string of the molecule is NC(=O)C1CCC12CCOCC2. The third-order valence-corrected chi connectivity index (χ3v) is 3.50. The largest absolute Gasteiger partial charge is 0.381 e. The summed E-state index contributed by atoms with van der Waals surface area (Å²) >= 11 is 0. The van der Waals surface area contributed by atoms with Gasteiger partial charge in [-0.1, -0.05) is 0 Å². The molecule has 1 spiro atoms. The summed E-state index contributed by atoms with van der Waals surface area (Å²) in [6.07, 6.45) is 4.22. The lowest BCUT2D eigenvalue weighted by molar-refractivity contribution is -0.140. The Hall–Kier alpha value is -0.570. The van der Waals surface area contributed by atoms with E-state index in [0.29, 0.717) is 0 Å². The Balaban J connectivity index is 2.05. The lowest BCUT2D eigenvalue weighted by Gasteiger charge is -2.50. The van der Waals surface area contributed by atoms with Crippen molar-refractivity contribution < 1.29 is 9.53 Å². The lowest BCUT2D eigenvalue weighted by atomic mass is 9.56.